The van der Waals surface area contributed by atoms with Gasteiger partial charge in [-0.15, -0.1) is 0 Å². The lowest BCUT2D eigenvalue weighted by Gasteiger charge is -2.39. The maximum absolute atomic E-state index is 11.4. The van der Waals surface area contributed by atoms with Gasteiger partial charge in [-0.1, -0.05) is 29.4 Å². The molecule has 0 spiro atoms. The lowest BCUT2D eigenvalue weighted by molar-refractivity contribution is 0.0146. The van der Waals surface area contributed by atoms with Crippen molar-refractivity contribution in [2.75, 3.05) is 4.90 Å². The van der Waals surface area contributed by atoms with Gasteiger partial charge in [-0.05, 0) is 70.1 Å². The average Bonchev–Trinajstić information content (AvgIpc) is 3.54. The van der Waals surface area contributed by atoms with Crippen LogP contribution in [0.3, 0.4) is 0 Å². The number of hydrogen-bond acceptors (Lipinski definition) is 6. The summed E-state index contributed by atoms with van der Waals surface area (Å²) in [7, 11) is 0. The van der Waals surface area contributed by atoms with Crippen molar-refractivity contribution in [2.45, 2.75) is 83.1 Å². The Labute approximate surface area is 205 Å². The first-order valence-electron chi connectivity index (χ1n) is 12.6. The van der Waals surface area contributed by atoms with E-state index in [1.165, 1.54) is 5.56 Å². The Hall–Kier alpha value is -3.19. The molecule has 2 unspecified atom stereocenters. The van der Waals surface area contributed by atoms with Crippen molar-refractivity contribution < 1.29 is 19.2 Å². The fourth-order valence-electron chi connectivity index (χ4n) is 5.93. The number of rotatable bonds is 7. The van der Waals surface area contributed by atoms with Gasteiger partial charge < -0.3 is 19.3 Å². The van der Waals surface area contributed by atoms with Gasteiger partial charge in [0.15, 0.2) is 0 Å². The normalized spacial score (nSPS) is 23.6. The van der Waals surface area contributed by atoms with Gasteiger partial charge in [0.2, 0.25) is 0 Å². The number of aryl methyl sites for hydroxylation is 2. The van der Waals surface area contributed by atoms with E-state index in [1.54, 1.807) is 13.0 Å². The highest BCUT2D eigenvalue weighted by Crippen LogP contribution is 2.45. The summed E-state index contributed by atoms with van der Waals surface area (Å²) in [5.41, 5.74) is 5.16. The zero-order valence-electron chi connectivity index (χ0n) is 20.2. The Bertz CT molecular complexity index is 1250. The number of nitrogens with zero attached hydrogens (tertiary/aromatic N) is 3. The largest absolute Gasteiger partial charge is 0.478 e. The third-order valence-corrected chi connectivity index (χ3v) is 7.89. The number of carboxylic acids is 1. The Kier molecular flexibility index (Phi) is 5.60. The third-order valence-electron chi connectivity index (χ3n) is 7.89. The smallest absolute Gasteiger partial charge is 0.337 e. The van der Waals surface area contributed by atoms with Crippen LogP contribution in [0.5, 0.6) is 0 Å². The van der Waals surface area contributed by atoms with Gasteiger partial charge in [0.1, 0.15) is 17.3 Å². The molecule has 2 aromatic heterocycles. The molecule has 2 aliphatic heterocycles. The minimum Gasteiger partial charge on any atom is -0.478 e. The molecule has 2 atom stereocenters. The molecule has 0 radical (unpaired) electrons. The van der Waals surface area contributed by atoms with E-state index in [9.17, 15) is 9.90 Å². The van der Waals surface area contributed by atoms with Gasteiger partial charge in [-0.25, -0.2) is 9.78 Å². The highest BCUT2D eigenvalue weighted by Gasteiger charge is 2.42. The van der Waals surface area contributed by atoms with E-state index in [2.05, 4.69) is 34.1 Å². The summed E-state index contributed by atoms with van der Waals surface area (Å²) in [6, 6.07) is 12.6. The van der Waals surface area contributed by atoms with Crippen LogP contribution in [0.15, 0.2) is 40.9 Å². The monoisotopic (exact) mass is 473 g/mol. The Morgan fingerprint density at radius 3 is 2.49 bits per heavy atom. The average molecular weight is 474 g/mol. The van der Waals surface area contributed by atoms with Gasteiger partial charge in [0.05, 0.1) is 24.0 Å². The number of anilines is 1. The number of carbonyl (C=O) groups is 1. The van der Waals surface area contributed by atoms with Crippen LogP contribution in [0, 0.1) is 13.8 Å². The molecule has 7 nitrogen and oxygen atoms in total. The lowest BCUT2D eigenvalue weighted by Crippen LogP contribution is -2.46. The molecule has 1 N–H and O–H groups in total. The third kappa shape index (κ3) is 4.12. The van der Waals surface area contributed by atoms with E-state index in [-0.39, 0.29) is 11.7 Å². The minimum absolute atomic E-state index is 0.176. The fraction of sp³-hybridized carbons (Fsp3) is 0.464. The van der Waals surface area contributed by atoms with E-state index in [0.29, 0.717) is 30.3 Å². The summed E-state index contributed by atoms with van der Waals surface area (Å²) in [4.78, 5) is 18.4. The van der Waals surface area contributed by atoms with Gasteiger partial charge in [-0.3, -0.25) is 0 Å². The molecule has 0 amide bonds. The van der Waals surface area contributed by atoms with Crippen molar-refractivity contribution in [2.24, 2.45) is 0 Å². The molecule has 7 heteroatoms. The van der Waals surface area contributed by atoms with Crippen LogP contribution in [0.25, 0.3) is 11.3 Å². The standard InChI is InChI=1S/C28H31N3O4/c1-16-5-3-4-6-22(16)26-24(27(35-30-26)18-7-8-18)15-34-21-13-19-9-10-20(14-21)31(19)25-12-11-23(28(32)33)17(2)29-25/h3-6,11-12,18-21H,7-10,13-15H2,1-2H3,(H,32,33). The predicted molar refractivity (Wildman–Crippen MR) is 132 cm³/mol. The number of piperidine rings is 1. The number of hydrogen-bond donors (Lipinski definition) is 1. The van der Waals surface area contributed by atoms with Gasteiger partial charge in [-0.2, -0.15) is 0 Å². The molecule has 6 rings (SSSR count). The number of fused-ring (bicyclic) bond motifs is 2. The zero-order valence-corrected chi connectivity index (χ0v) is 20.2. The molecule has 3 aromatic rings. The molecular weight excluding hydrogens is 442 g/mol. The quantitative estimate of drug-likeness (QED) is 0.475. The van der Waals surface area contributed by atoms with Crippen molar-refractivity contribution in [3.63, 3.8) is 0 Å². The van der Waals surface area contributed by atoms with Crippen molar-refractivity contribution in [3.8, 4) is 11.3 Å². The fourth-order valence-corrected chi connectivity index (χ4v) is 5.93. The van der Waals surface area contributed by atoms with Crippen LogP contribution in [0.4, 0.5) is 5.82 Å². The summed E-state index contributed by atoms with van der Waals surface area (Å²) < 4.78 is 12.4. The first-order chi connectivity index (χ1) is 17.0. The lowest BCUT2D eigenvalue weighted by atomic mass is 9.98. The van der Waals surface area contributed by atoms with Gasteiger partial charge >= 0.3 is 5.97 Å². The van der Waals surface area contributed by atoms with E-state index >= 15 is 0 Å². The molecule has 182 valence electrons. The van der Waals surface area contributed by atoms with E-state index < -0.39 is 5.97 Å². The summed E-state index contributed by atoms with van der Waals surface area (Å²) in [5.74, 6) is 1.43. The maximum Gasteiger partial charge on any atom is 0.337 e. The van der Waals surface area contributed by atoms with E-state index in [1.807, 2.05) is 18.2 Å². The van der Waals surface area contributed by atoms with Gasteiger partial charge in [0.25, 0.3) is 0 Å². The van der Waals surface area contributed by atoms with Crippen LogP contribution in [0.2, 0.25) is 0 Å². The van der Waals surface area contributed by atoms with Crippen LogP contribution in [0.1, 0.15) is 77.4 Å². The number of ether oxygens (including phenoxy) is 1. The van der Waals surface area contributed by atoms with Crippen LogP contribution in [-0.4, -0.2) is 39.4 Å². The first-order valence-corrected chi connectivity index (χ1v) is 12.6. The highest BCUT2D eigenvalue weighted by molar-refractivity contribution is 5.89. The van der Waals surface area contributed by atoms with Crippen LogP contribution >= 0.6 is 0 Å². The molecule has 1 aromatic carbocycles. The van der Waals surface area contributed by atoms with E-state index in [0.717, 1.165) is 66.9 Å². The Morgan fingerprint density at radius 1 is 1.09 bits per heavy atom. The second-order valence-corrected chi connectivity index (χ2v) is 10.3. The molecule has 3 aliphatic rings. The topological polar surface area (TPSA) is 88.7 Å². The second kappa shape index (κ2) is 8.79. The second-order valence-electron chi connectivity index (χ2n) is 10.3. The molecule has 3 fully saturated rings. The molecule has 35 heavy (non-hydrogen) atoms. The van der Waals surface area contributed by atoms with Gasteiger partial charge in [0, 0.05) is 29.1 Å². The predicted octanol–water partition coefficient (Wildman–Crippen LogP) is 5.65. The molecule has 1 saturated carbocycles. The molecule has 2 saturated heterocycles. The Balaban J connectivity index is 1.18. The number of aromatic nitrogens is 2. The van der Waals surface area contributed by atoms with Crippen molar-refractivity contribution in [1.82, 2.24) is 10.1 Å². The molecular formula is C28H31N3O4. The number of carboxylic acid groups (broad SMARTS) is 1. The van der Waals surface area contributed by atoms with Crippen molar-refractivity contribution >= 4 is 11.8 Å². The zero-order chi connectivity index (χ0) is 24.1. The van der Waals surface area contributed by atoms with Crippen LogP contribution in [-0.2, 0) is 11.3 Å². The number of pyridine rings is 1. The number of aromatic carboxylic acids is 1. The highest BCUT2D eigenvalue weighted by atomic mass is 16.5. The molecule has 4 heterocycles. The van der Waals surface area contributed by atoms with E-state index in [4.69, 9.17) is 9.26 Å². The summed E-state index contributed by atoms with van der Waals surface area (Å²) in [6.45, 7) is 4.40. The SMILES string of the molecule is Cc1ccccc1-c1noc(C2CC2)c1COC1CC2CCC(C1)N2c1ccc(C(=O)O)c(C)n1. The Morgan fingerprint density at radius 2 is 1.83 bits per heavy atom. The minimum atomic E-state index is -0.930. The molecule has 2 bridgehead atoms. The maximum atomic E-state index is 11.4. The number of benzene rings is 1. The summed E-state index contributed by atoms with van der Waals surface area (Å²) in [5, 5.41) is 13.8. The summed E-state index contributed by atoms with van der Waals surface area (Å²) in [6.07, 6.45) is 6.61. The first kappa shape index (κ1) is 22.3. The van der Waals surface area contributed by atoms with Crippen molar-refractivity contribution in [3.05, 3.63) is 64.5 Å². The molecule has 1 aliphatic carbocycles. The van der Waals surface area contributed by atoms with Crippen LogP contribution < -0.4 is 4.90 Å². The summed E-state index contributed by atoms with van der Waals surface area (Å²) >= 11 is 0. The van der Waals surface area contributed by atoms with Crippen molar-refractivity contribution in [1.29, 1.82) is 0 Å².